The first-order valence-electron chi connectivity index (χ1n) is 6.59. The summed E-state index contributed by atoms with van der Waals surface area (Å²) in [5, 5.41) is 0. The smallest absolute Gasteiger partial charge is 0.324 e. The minimum Gasteiger partial charge on any atom is -0.468 e. The van der Waals surface area contributed by atoms with Gasteiger partial charge in [-0.15, -0.1) is 0 Å². The van der Waals surface area contributed by atoms with Gasteiger partial charge in [0.15, 0.2) is 5.41 Å². The second kappa shape index (κ2) is 5.19. The van der Waals surface area contributed by atoms with Gasteiger partial charge in [-0.2, -0.15) is 0 Å². The molecule has 0 bridgehead atoms. The number of carbonyl (C=O) groups is 2. The van der Waals surface area contributed by atoms with Crippen LogP contribution in [0.25, 0.3) is 0 Å². The minimum atomic E-state index is -1.20. The minimum absolute atomic E-state index is 0.213. The van der Waals surface area contributed by atoms with E-state index in [0.717, 1.165) is 24.8 Å². The highest BCUT2D eigenvalue weighted by atomic mass is 16.5. The lowest BCUT2D eigenvalue weighted by Crippen LogP contribution is -2.49. The van der Waals surface area contributed by atoms with Gasteiger partial charge in [-0.1, -0.05) is 23.3 Å². The summed E-state index contributed by atoms with van der Waals surface area (Å²) in [7, 11) is 2.65. The zero-order chi connectivity index (χ0) is 14.0. The maximum Gasteiger partial charge on any atom is 0.324 e. The second-order valence-electron chi connectivity index (χ2n) is 5.28. The molecule has 0 aliphatic heterocycles. The fourth-order valence-corrected chi connectivity index (χ4v) is 3.23. The summed E-state index contributed by atoms with van der Waals surface area (Å²) in [4.78, 5) is 24.5. The Morgan fingerprint density at radius 1 is 1.26 bits per heavy atom. The van der Waals surface area contributed by atoms with E-state index in [9.17, 15) is 9.59 Å². The standard InChI is InChI=1S/C15H20O4/c1-10-6-7-11-5-4-8-15(12(11)9-10,13(16)18-2)14(17)19-3/h7,9,12H,4-6,8H2,1-3H3. The third kappa shape index (κ3) is 2.09. The molecule has 0 aromatic heterocycles. The van der Waals surface area contributed by atoms with Crippen LogP contribution in [0, 0.1) is 11.3 Å². The Balaban J connectivity index is 2.51. The highest BCUT2D eigenvalue weighted by Gasteiger charge is 2.56. The predicted molar refractivity (Wildman–Crippen MR) is 70.3 cm³/mol. The van der Waals surface area contributed by atoms with Crippen molar-refractivity contribution < 1.29 is 19.1 Å². The van der Waals surface area contributed by atoms with Crippen molar-refractivity contribution in [1.29, 1.82) is 0 Å². The quantitative estimate of drug-likeness (QED) is 0.436. The third-order valence-electron chi connectivity index (χ3n) is 4.20. The van der Waals surface area contributed by atoms with Crippen molar-refractivity contribution in [2.24, 2.45) is 11.3 Å². The van der Waals surface area contributed by atoms with Crippen LogP contribution >= 0.6 is 0 Å². The summed E-state index contributed by atoms with van der Waals surface area (Å²) in [6.45, 7) is 2.02. The normalized spacial score (nSPS) is 24.7. The first kappa shape index (κ1) is 13.8. The molecule has 2 aliphatic carbocycles. The first-order valence-corrected chi connectivity index (χ1v) is 6.59. The van der Waals surface area contributed by atoms with Gasteiger partial charge in [-0.3, -0.25) is 9.59 Å². The number of hydrogen-bond donors (Lipinski definition) is 0. The fraction of sp³-hybridized carbons (Fsp3) is 0.600. The summed E-state index contributed by atoms with van der Waals surface area (Å²) >= 11 is 0. The zero-order valence-corrected chi connectivity index (χ0v) is 11.7. The van der Waals surface area contributed by atoms with Gasteiger partial charge in [-0.05, 0) is 32.6 Å². The number of allylic oxidation sites excluding steroid dienone is 4. The van der Waals surface area contributed by atoms with Gasteiger partial charge in [0.1, 0.15) is 0 Å². The van der Waals surface area contributed by atoms with Crippen molar-refractivity contribution in [1.82, 2.24) is 0 Å². The second-order valence-corrected chi connectivity index (χ2v) is 5.28. The number of methoxy groups -OCH3 is 2. The van der Waals surface area contributed by atoms with Gasteiger partial charge < -0.3 is 9.47 Å². The molecule has 104 valence electrons. The van der Waals surface area contributed by atoms with Crippen molar-refractivity contribution >= 4 is 11.9 Å². The average Bonchev–Trinajstić information content (AvgIpc) is 2.44. The SMILES string of the molecule is COC(=O)C1(C(=O)OC)CCCC2=CCC(C)=CC21. The Morgan fingerprint density at radius 2 is 1.89 bits per heavy atom. The highest BCUT2D eigenvalue weighted by molar-refractivity contribution is 6.01. The molecular formula is C15H20O4. The lowest BCUT2D eigenvalue weighted by Gasteiger charge is -2.41. The molecule has 0 N–H and O–H groups in total. The Bertz CT molecular complexity index is 443. The largest absolute Gasteiger partial charge is 0.468 e. The maximum absolute atomic E-state index is 12.3. The van der Waals surface area contributed by atoms with Crippen LogP contribution in [0.3, 0.4) is 0 Å². The van der Waals surface area contributed by atoms with Gasteiger partial charge in [0.05, 0.1) is 14.2 Å². The van der Waals surface area contributed by atoms with Crippen LogP contribution in [0.1, 0.15) is 32.6 Å². The molecule has 0 spiro atoms. The van der Waals surface area contributed by atoms with Gasteiger partial charge in [0.25, 0.3) is 0 Å². The lowest BCUT2D eigenvalue weighted by molar-refractivity contribution is -0.173. The summed E-state index contributed by atoms with van der Waals surface area (Å²) < 4.78 is 9.81. The van der Waals surface area contributed by atoms with Crippen molar-refractivity contribution in [2.45, 2.75) is 32.6 Å². The zero-order valence-electron chi connectivity index (χ0n) is 11.7. The highest BCUT2D eigenvalue weighted by Crippen LogP contribution is 2.49. The molecule has 0 aromatic rings. The van der Waals surface area contributed by atoms with Crippen LogP contribution in [-0.4, -0.2) is 26.2 Å². The molecule has 0 heterocycles. The van der Waals surface area contributed by atoms with Crippen LogP contribution in [0.15, 0.2) is 23.3 Å². The molecule has 2 aliphatic rings. The molecule has 4 nitrogen and oxygen atoms in total. The fourth-order valence-electron chi connectivity index (χ4n) is 3.23. The molecule has 1 fully saturated rings. The van der Waals surface area contributed by atoms with Crippen molar-refractivity contribution in [3.8, 4) is 0 Å². The number of hydrogen-bond acceptors (Lipinski definition) is 4. The van der Waals surface area contributed by atoms with Crippen molar-refractivity contribution in [2.75, 3.05) is 14.2 Å². The molecule has 0 saturated heterocycles. The van der Waals surface area contributed by atoms with Crippen LogP contribution in [0.5, 0.6) is 0 Å². The lowest BCUT2D eigenvalue weighted by atomic mass is 9.62. The molecule has 4 heteroatoms. The van der Waals surface area contributed by atoms with Crippen LogP contribution < -0.4 is 0 Å². The van der Waals surface area contributed by atoms with Crippen LogP contribution in [0.4, 0.5) is 0 Å². The maximum atomic E-state index is 12.3. The molecule has 0 aromatic carbocycles. The molecule has 0 radical (unpaired) electrons. The predicted octanol–water partition coefficient (Wildman–Crippen LogP) is 2.40. The summed E-state index contributed by atoms with van der Waals surface area (Å²) in [5.41, 5.74) is 1.13. The van der Waals surface area contributed by atoms with Gasteiger partial charge >= 0.3 is 11.9 Å². The summed E-state index contributed by atoms with van der Waals surface area (Å²) in [6.07, 6.45) is 7.29. The molecule has 19 heavy (non-hydrogen) atoms. The van der Waals surface area contributed by atoms with Gasteiger partial charge in [0, 0.05) is 5.92 Å². The molecule has 1 saturated carbocycles. The summed E-state index contributed by atoms with van der Waals surface area (Å²) in [6, 6.07) is 0. The molecule has 1 unspecified atom stereocenters. The average molecular weight is 264 g/mol. The molecule has 1 atom stereocenters. The van der Waals surface area contributed by atoms with Crippen LogP contribution in [0.2, 0.25) is 0 Å². The third-order valence-corrected chi connectivity index (χ3v) is 4.20. The molecule has 2 rings (SSSR count). The van der Waals surface area contributed by atoms with E-state index in [1.165, 1.54) is 19.8 Å². The van der Waals surface area contributed by atoms with Crippen LogP contribution in [-0.2, 0) is 19.1 Å². The number of ether oxygens (including phenoxy) is 2. The molecular weight excluding hydrogens is 244 g/mol. The topological polar surface area (TPSA) is 52.6 Å². The van der Waals surface area contributed by atoms with E-state index in [4.69, 9.17) is 9.47 Å². The Morgan fingerprint density at radius 3 is 2.47 bits per heavy atom. The number of rotatable bonds is 2. The van der Waals surface area contributed by atoms with Crippen molar-refractivity contribution in [3.05, 3.63) is 23.3 Å². The van der Waals surface area contributed by atoms with Gasteiger partial charge in [0.2, 0.25) is 0 Å². The first-order chi connectivity index (χ1) is 9.06. The van der Waals surface area contributed by atoms with E-state index in [2.05, 4.69) is 6.08 Å². The van der Waals surface area contributed by atoms with Crippen molar-refractivity contribution in [3.63, 3.8) is 0 Å². The van der Waals surface area contributed by atoms with Gasteiger partial charge in [-0.25, -0.2) is 0 Å². The summed E-state index contributed by atoms with van der Waals surface area (Å²) in [5.74, 6) is -1.18. The Kier molecular flexibility index (Phi) is 3.78. The number of esters is 2. The van der Waals surface area contributed by atoms with E-state index in [-0.39, 0.29) is 5.92 Å². The Hall–Kier alpha value is -1.58. The van der Waals surface area contributed by atoms with E-state index in [1.54, 1.807) is 0 Å². The van der Waals surface area contributed by atoms with E-state index in [1.807, 2.05) is 13.0 Å². The molecule has 0 amide bonds. The number of fused-ring (bicyclic) bond motifs is 1. The number of carbonyl (C=O) groups excluding carboxylic acids is 2. The van der Waals surface area contributed by atoms with E-state index in [0.29, 0.717) is 6.42 Å². The monoisotopic (exact) mass is 264 g/mol. The van der Waals surface area contributed by atoms with E-state index >= 15 is 0 Å². The Labute approximate surface area is 113 Å². The van der Waals surface area contributed by atoms with E-state index < -0.39 is 17.4 Å².